The molecular formula is C28H28F2N2O4. The fourth-order valence-electron chi connectivity index (χ4n) is 3.83. The van der Waals surface area contributed by atoms with Crippen LogP contribution in [-0.2, 0) is 20.7 Å². The number of halogens is 2. The van der Waals surface area contributed by atoms with Crippen LogP contribution in [-0.4, -0.2) is 29.4 Å². The van der Waals surface area contributed by atoms with Crippen molar-refractivity contribution < 1.29 is 27.9 Å². The van der Waals surface area contributed by atoms with Gasteiger partial charge < -0.3 is 10.5 Å². The van der Waals surface area contributed by atoms with Crippen molar-refractivity contribution in [2.75, 3.05) is 0 Å². The molecule has 0 aliphatic rings. The van der Waals surface area contributed by atoms with E-state index in [0.29, 0.717) is 6.42 Å². The number of benzene rings is 3. The summed E-state index contributed by atoms with van der Waals surface area (Å²) in [7, 11) is 0. The Morgan fingerprint density at radius 3 is 1.89 bits per heavy atom. The molecule has 0 fully saturated rings. The molecule has 1 atom stereocenters. The first-order valence-electron chi connectivity index (χ1n) is 11.4. The van der Waals surface area contributed by atoms with Crippen LogP contribution in [0.5, 0.6) is 0 Å². The Balaban J connectivity index is 1.68. The molecule has 36 heavy (non-hydrogen) atoms. The number of amides is 1. The summed E-state index contributed by atoms with van der Waals surface area (Å²) in [5, 5.41) is 3.14. The van der Waals surface area contributed by atoms with Crippen LogP contribution in [0.1, 0.15) is 42.6 Å². The van der Waals surface area contributed by atoms with Gasteiger partial charge in [-0.15, -0.1) is 0 Å². The SMILES string of the molecule is CC(C)(Cc1ccc(F)cc1)N[C@@H](CCC(N)=O)C(=O)OC(=O)c1ccc(-c2ccc(F)cc2)cc1. The van der Waals surface area contributed by atoms with E-state index in [0.717, 1.165) is 16.7 Å². The summed E-state index contributed by atoms with van der Waals surface area (Å²) in [5.41, 5.74) is 7.15. The number of carbonyl (C=O) groups is 3. The zero-order valence-electron chi connectivity index (χ0n) is 20.1. The lowest BCUT2D eigenvalue weighted by molar-refractivity contribution is -0.141. The quantitative estimate of drug-likeness (QED) is 0.318. The van der Waals surface area contributed by atoms with Crippen LogP contribution in [0, 0.1) is 11.6 Å². The van der Waals surface area contributed by atoms with Crippen LogP contribution in [0.25, 0.3) is 11.1 Å². The lowest BCUT2D eigenvalue weighted by Gasteiger charge is -2.31. The number of rotatable bonds is 10. The van der Waals surface area contributed by atoms with Gasteiger partial charge in [-0.3, -0.25) is 10.1 Å². The van der Waals surface area contributed by atoms with Crippen LogP contribution in [0.2, 0.25) is 0 Å². The number of hydrogen-bond donors (Lipinski definition) is 2. The van der Waals surface area contributed by atoms with E-state index in [1.165, 1.54) is 36.4 Å². The van der Waals surface area contributed by atoms with Gasteiger partial charge >= 0.3 is 11.9 Å². The van der Waals surface area contributed by atoms with Gasteiger partial charge in [0.25, 0.3) is 0 Å². The predicted octanol–water partition coefficient (Wildman–Crippen LogP) is 4.56. The molecule has 3 aromatic carbocycles. The Bertz CT molecular complexity index is 1210. The molecule has 3 rings (SSSR count). The van der Waals surface area contributed by atoms with Crippen molar-refractivity contribution >= 4 is 17.8 Å². The second-order valence-electron chi connectivity index (χ2n) is 9.18. The third kappa shape index (κ3) is 7.81. The highest BCUT2D eigenvalue weighted by atomic mass is 19.1. The van der Waals surface area contributed by atoms with Crippen molar-refractivity contribution in [3.63, 3.8) is 0 Å². The number of hydrogen-bond acceptors (Lipinski definition) is 5. The summed E-state index contributed by atoms with van der Waals surface area (Å²) < 4.78 is 31.5. The van der Waals surface area contributed by atoms with Gasteiger partial charge in [0, 0.05) is 12.0 Å². The molecule has 0 bridgehead atoms. The zero-order valence-corrected chi connectivity index (χ0v) is 20.1. The molecule has 8 heteroatoms. The lowest BCUT2D eigenvalue weighted by atomic mass is 9.93. The van der Waals surface area contributed by atoms with Crippen LogP contribution >= 0.6 is 0 Å². The monoisotopic (exact) mass is 494 g/mol. The second-order valence-corrected chi connectivity index (χ2v) is 9.18. The standard InChI is InChI=1S/C28H28F2N2O4/c1-28(2,17-18-3-11-22(29)12-4-18)32-24(15-16-25(31)33)27(35)36-26(34)21-7-5-19(6-8-21)20-9-13-23(30)14-10-20/h3-14,24,32H,15-17H2,1-2H3,(H2,31,33)/t24-/m0/s1. The van der Waals surface area contributed by atoms with Crippen LogP contribution in [0.3, 0.4) is 0 Å². The number of carbonyl (C=O) groups excluding carboxylic acids is 3. The molecule has 0 radical (unpaired) electrons. The Morgan fingerprint density at radius 2 is 1.36 bits per heavy atom. The maximum Gasteiger partial charge on any atom is 0.345 e. The Morgan fingerprint density at radius 1 is 0.861 bits per heavy atom. The average Bonchev–Trinajstić information content (AvgIpc) is 2.83. The Hall–Kier alpha value is -3.91. The molecular weight excluding hydrogens is 466 g/mol. The molecule has 0 heterocycles. The third-order valence-electron chi connectivity index (χ3n) is 5.58. The molecule has 1 amide bonds. The normalized spacial score (nSPS) is 12.1. The summed E-state index contributed by atoms with van der Waals surface area (Å²) in [6, 6.07) is 17.3. The van der Waals surface area contributed by atoms with E-state index in [1.54, 1.807) is 36.4 Å². The van der Waals surface area contributed by atoms with Crippen molar-refractivity contribution in [2.45, 2.75) is 44.7 Å². The van der Waals surface area contributed by atoms with Crippen molar-refractivity contribution in [3.05, 3.63) is 95.6 Å². The highest BCUT2D eigenvalue weighted by Gasteiger charge is 2.30. The van der Waals surface area contributed by atoms with Gasteiger partial charge in [-0.1, -0.05) is 36.4 Å². The van der Waals surface area contributed by atoms with Crippen molar-refractivity contribution in [2.24, 2.45) is 5.73 Å². The van der Waals surface area contributed by atoms with E-state index in [2.05, 4.69) is 5.32 Å². The van der Waals surface area contributed by atoms with Gasteiger partial charge in [0.2, 0.25) is 5.91 Å². The maximum atomic E-state index is 13.2. The molecule has 0 saturated carbocycles. The highest BCUT2D eigenvalue weighted by molar-refractivity contribution is 5.98. The van der Waals surface area contributed by atoms with Gasteiger partial charge in [0.05, 0.1) is 5.56 Å². The topological polar surface area (TPSA) is 98.5 Å². The summed E-state index contributed by atoms with van der Waals surface area (Å²) in [5.74, 6) is -2.97. The van der Waals surface area contributed by atoms with Crippen LogP contribution in [0.4, 0.5) is 8.78 Å². The van der Waals surface area contributed by atoms with Gasteiger partial charge in [0.15, 0.2) is 0 Å². The van der Waals surface area contributed by atoms with Crippen LogP contribution < -0.4 is 11.1 Å². The van der Waals surface area contributed by atoms with Crippen LogP contribution in [0.15, 0.2) is 72.8 Å². The van der Waals surface area contributed by atoms with E-state index in [1.807, 2.05) is 13.8 Å². The molecule has 0 aliphatic carbocycles. The smallest absolute Gasteiger partial charge is 0.345 e. The average molecular weight is 495 g/mol. The maximum absolute atomic E-state index is 13.2. The molecule has 0 aliphatic heterocycles. The van der Waals surface area contributed by atoms with E-state index < -0.39 is 29.4 Å². The molecule has 0 spiro atoms. The van der Waals surface area contributed by atoms with Gasteiger partial charge in [-0.2, -0.15) is 0 Å². The minimum absolute atomic E-state index is 0.0395. The van der Waals surface area contributed by atoms with E-state index in [9.17, 15) is 23.2 Å². The lowest BCUT2D eigenvalue weighted by Crippen LogP contribution is -2.51. The molecule has 0 saturated heterocycles. The Labute approximate surface area is 208 Å². The Kier molecular flexibility index (Phi) is 8.66. The molecule has 188 valence electrons. The second kappa shape index (κ2) is 11.7. The summed E-state index contributed by atoms with van der Waals surface area (Å²) in [6.45, 7) is 3.69. The highest BCUT2D eigenvalue weighted by Crippen LogP contribution is 2.21. The molecule has 3 N–H and O–H groups in total. The van der Waals surface area contributed by atoms with Gasteiger partial charge in [-0.05, 0) is 79.8 Å². The zero-order chi connectivity index (χ0) is 26.3. The molecule has 6 nitrogen and oxygen atoms in total. The van der Waals surface area contributed by atoms with E-state index >= 15 is 0 Å². The third-order valence-corrected chi connectivity index (χ3v) is 5.58. The molecule has 0 aromatic heterocycles. The fraction of sp³-hybridized carbons (Fsp3) is 0.250. The number of nitrogens with one attached hydrogen (secondary N) is 1. The van der Waals surface area contributed by atoms with E-state index in [-0.39, 0.29) is 30.0 Å². The number of ether oxygens (including phenoxy) is 1. The van der Waals surface area contributed by atoms with E-state index in [4.69, 9.17) is 10.5 Å². The number of primary amides is 1. The summed E-state index contributed by atoms with van der Waals surface area (Å²) >= 11 is 0. The molecule has 3 aromatic rings. The minimum Gasteiger partial charge on any atom is -0.388 e. The number of esters is 2. The number of nitrogens with two attached hydrogens (primary N) is 1. The van der Waals surface area contributed by atoms with Crippen molar-refractivity contribution in [3.8, 4) is 11.1 Å². The minimum atomic E-state index is -0.976. The largest absolute Gasteiger partial charge is 0.388 e. The first-order chi connectivity index (χ1) is 17.0. The molecule has 0 unspecified atom stereocenters. The summed E-state index contributed by atoms with van der Waals surface area (Å²) in [4.78, 5) is 36.9. The van der Waals surface area contributed by atoms with Gasteiger partial charge in [-0.25, -0.2) is 18.4 Å². The first kappa shape index (κ1) is 26.7. The predicted molar refractivity (Wildman–Crippen MR) is 132 cm³/mol. The summed E-state index contributed by atoms with van der Waals surface area (Å²) in [6.07, 6.45) is 0.407. The van der Waals surface area contributed by atoms with Crippen molar-refractivity contribution in [1.29, 1.82) is 0 Å². The first-order valence-corrected chi connectivity index (χ1v) is 11.4. The fourth-order valence-corrected chi connectivity index (χ4v) is 3.83. The van der Waals surface area contributed by atoms with Crippen molar-refractivity contribution in [1.82, 2.24) is 5.32 Å². The van der Waals surface area contributed by atoms with Gasteiger partial charge in [0.1, 0.15) is 17.7 Å².